The lowest BCUT2D eigenvalue weighted by molar-refractivity contribution is -0.384. The molecule has 0 bridgehead atoms. The Hall–Kier alpha value is -2.05. The molecule has 0 N–H and O–H groups in total. The SMILES string of the molecule is CC1(C)N=C(c2ccc(Br)cc2)C2C(c3ccc([N+](=O)[O-])cc3)N21. The van der Waals surface area contributed by atoms with Crippen LogP contribution in [0, 0.1) is 10.1 Å². The van der Waals surface area contributed by atoms with Crippen molar-refractivity contribution in [3.63, 3.8) is 0 Å². The molecule has 3 unspecified atom stereocenters. The highest BCUT2D eigenvalue weighted by Gasteiger charge is 2.62. The fourth-order valence-electron chi connectivity index (χ4n) is 3.60. The zero-order valence-corrected chi connectivity index (χ0v) is 14.9. The third-order valence-electron chi connectivity index (χ3n) is 4.70. The zero-order valence-electron chi connectivity index (χ0n) is 13.3. The number of nitrogens with zero attached hydrogens (tertiary/aromatic N) is 3. The van der Waals surface area contributed by atoms with Crippen LogP contribution in [0.2, 0.25) is 0 Å². The first-order chi connectivity index (χ1) is 11.4. The van der Waals surface area contributed by atoms with E-state index in [0.29, 0.717) is 0 Å². The van der Waals surface area contributed by atoms with Crippen molar-refractivity contribution in [2.45, 2.75) is 31.6 Å². The van der Waals surface area contributed by atoms with Gasteiger partial charge in [-0.25, -0.2) is 0 Å². The first-order valence-electron chi connectivity index (χ1n) is 7.77. The van der Waals surface area contributed by atoms with Crippen LogP contribution >= 0.6 is 15.9 Å². The molecule has 2 aliphatic rings. The molecular formula is C18H16BrN3O2. The molecule has 3 atom stereocenters. The van der Waals surface area contributed by atoms with E-state index in [2.05, 4.69) is 46.8 Å². The summed E-state index contributed by atoms with van der Waals surface area (Å²) in [6, 6.07) is 15.5. The van der Waals surface area contributed by atoms with Gasteiger partial charge in [0.15, 0.2) is 0 Å². The Kier molecular flexibility index (Phi) is 3.37. The summed E-state index contributed by atoms with van der Waals surface area (Å²) in [7, 11) is 0. The van der Waals surface area contributed by atoms with Crippen molar-refractivity contribution in [3.8, 4) is 0 Å². The third kappa shape index (κ3) is 2.37. The van der Waals surface area contributed by atoms with Crippen LogP contribution in [0.5, 0.6) is 0 Å². The van der Waals surface area contributed by atoms with Crippen molar-refractivity contribution in [3.05, 3.63) is 74.2 Å². The summed E-state index contributed by atoms with van der Waals surface area (Å²) < 4.78 is 1.05. The van der Waals surface area contributed by atoms with Crippen LogP contribution in [-0.2, 0) is 0 Å². The maximum absolute atomic E-state index is 10.8. The molecule has 2 aromatic rings. The van der Waals surface area contributed by atoms with Crippen molar-refractivity contribution < 1.29 is 4.92 Å². The van der Waals surface area contributed by atoms with Gasteiger partial charge in [0, 0.05) is 16.6 Å². The van der Waals surface area contributed by atoms with Crippen molar-refractivity contribution >= 4 is 27.3 Å². The van der Waals surface area contributed by atoms with Gasteiger partial charge in [-0.1, -0.05) is 40.2 Å². The molecule has 24 heavy (non-hydrogen) atoms. The van der Waals surface area contributed by atoms with E-state index in [0.717, 1.165) is 21.3 Å². The first-order valence-corrected chi connectivity index (χ1v) is 8.56. The Morgan fingerprint density at radius 3 is 2.29 bits per heavy atom. The predicted molar refractivity (Wildman–Crippen MR) is 96.2 cm³/mol. The highest BCUT2D eigenvalue weighted by atomic mass is 79.9. The molecule has 2 aromatic carbocycles. The lowest BCUT2D eigenvalue weighted by Gasteiger charge is -2.20. The number of nitro benzene ring substituents is 1. The molecule has 2 aliphatic heterocycles. The molecule has 122 valence electrons. The molecular weight excluding hydrogens is 370 g/mol. The number of benzene rings is 2. The molecule has 0 aliphatic carbocycles. The molecule has 1 fully saturated rings. The number of nitro groups is 1. The fourth-order valence-corrected chi connectivity index (χ4v) is 3.87. The van der Waals surface area contributed by atoms with Gasteiger partial charge in [-0.15, -0.1) is 0 Å². The van der Waals surface area contributed by atoms with Crippen molar-refractivity contribution in [1.82, 2.24) is 4.90 Å². The molecule has 0 saturated carbocycles. The Morgan fingerprint density at radius 2 is 1.71 bits per heavy atom. The molecule has 6 heteroatoms. The van der Waals surface area contributed by atoms with Gasteiger partial charge in [-0.2, -0.15) is 0 Å². The van der Waals surface area contributed by atoms with E-state index in [-0.39, 0.29) is 28.4 Å². The average Bonchev–Trinajstić information content (AvgIpc) is 3.24. The number of hydrogen-bond acceptors (Lipinski definition) is 4. The van der Waals surface area contributed by atoms with Crippen molar-refractivity contribution in [1.29, 1.82) is 0 Å². The lowest BCUT2D eigenvalue weighted by atomic mass is 10.0. The van der Waals surface area contributed by atoms with Gasteiger partial charge >= 0.3 is 0 Å². The van der Waals surface area contributed by atoms with Crippen LogP contribution in [0.4, 0.5) is 5.69 Å². The van der Waals surface area contributed by atoms with E-state index in [1.54, 1.807) is 12.1 Å². The Bertz CT molecular complexity index is 844. The maximum Gasteiger partial charge on any atom is 0.269 e. The second-order valence-corrected chi connectivity index (χ2v) is 7.56. The predicted octanol–water partition coefficient (Wildman–Crippen LogP) is 4.32. The Balaban J connectivity index is 1.66. The Morgan fingerprint density at radius 1 is 1.08 bits per heavy atom. The molecule has 0 aromatic heterocycles. The van der Waals surface area contributed by atoms with E-state index in [4.69, 9.17) is 4.99 Å². The lowest BCUT2D eigenvalue weighted by Crippen LogP contribution is -2.25. The molecule has 5 nitrogen and oxygen atoms in total. The number of halogens is 1. The zero-order chi connectivity index (χ0) is 17.1. The van der Waals surface area contributed by atoms with E-state index in [9.17, 15) is 10.1 Å². The van der Waals surface area contributed by atoms with Gasteiger partial charge in [-0.3, -0.25) is 20.0 Å². The van der Waals surface area contributed by atoms with Gasteiger partial charge in [0.1, 0.15) is 5.66 Å². The van der Waals surface area contributed by atoms with E-state index >= 15 is 0 Å². The van der Waals surface area contributed by atoms with Crippen LogP contribution in [0.25, 0.3) is 0 Å². The van der Waals surface area contributed by atoms with Gasteiger partial charge < -0.3 is 0 Å². The fraction of sp³-hybridized carbons (Fsp3) is 0.278. The third-order valence-corrected chi connectivity index (χ3v) is 5.23. The topological polar surface area (TPSA) is 58.5 Å². The van der Waals surface area contributed by atoms with Gasteiger partial charge in [-0.05, 0) is 37.1 Å². The van der Waals surface area contributed by atoms with Gasteiger partial charge in [0.2, 0.25) is 0 Å². The maximum atomic E-state index is 10.8. The summed E-state index contributed by atoms with van der Waals surface area (Å²) in [5, 5.41) is 10.8. The van der Waals surface area contributed by atoms with E-state index in [1.165, 1.54) is 0 Å². The number of non-ortho nitro benzene ring substituents is 1. The minimum atomic E-state index is -0.365. The summed E-state index contributed by atoms with van der Waals surface area (Å²) in [5.74, 6) is 0. The molecule has 4 rings (SSSR count). The molecule has 2 heterocycles. The number of rotatable bonds is 3. The average molecular weight is 386 g/mol. The smallest absolute Gasteiger partial charge is 0.266 e. The van der Waals surface area contributed by atoms with Crippen molar-refractivity contribution in [2.75, 3.05) is 0 Å². The molecule has 0 radical (unpaired) electrons. The van der Waals surface area contributed by atoms with Crippen LogP contribution in [0.1, 0.15) is 31.0 Å². The number of aliphatic imine (C=N–C) groups is 1. The second kappa shape index (κ2) is 5.22. The second-order valence-electron chi connectivity index (χ2n) is 6.64. The van der Waals surface area contributed by atoms with Gasteiger partial charge in [0.05, 0.1) is 22.7 Å². The first kappa shape index (κ1) is 15.5. The standard InChI is InChI=1S/C18H16BrN3O2/c1-18(2)20-15(11-3-7-13(19)8-4-11)17-16(21(17)18)12-5-9-14(10-6-12)22(23)24/h3-10,16-17H,1-2H3. The van der Waals surface area contributed by atoms with Crippen molar-refractivity contribution in [2.24, 2.45) is 4.99 Å². The van der Waals surface area contributed by atoms with E-state index < -0.39 is 0 Å². The normalized spacial score (nSPS) is 26.6. The summed E-state index contributed by atoms with van der Waals surface area (Å²) in [5.41, 5.74) is 3.18. The summed E-state index contributed by atoms with van der Waals surface area (Å²) in [6.07, 6.45) is 0. The molecule has 0 amide bonds. The van der Waals surface area contributed by atoms with Crippen LogP contribution in [-0.4, -0.2) is 27.2 Å². The summed E-state index contributed by atoms with van der Waals surface area (Å²) in [6.45, 7) is 4.22. The van der Waals surface area contributed by atoms with Crippen LogP contribution in [0.3, 0.4) is 0 Å². The number of fused-ring (bicyclic) bond motifs is 1. The van der Waals surface area contributed by atoms with Gasteiger partial charge in [0.25, 0.3) is 5.69 Å². The number of hydrogen-bond donors (Lipinski definition) is 0. The summed E-state index contributed by atoms with van der Waals surface area (Å²) in [4.78, 5) is 17.7. The largest absolute Gasteiger partial charge is 0.269 e. The minimum Gasteiger partial charge on any atom is -0.266 e. The molecule has 0 spiro atoms. The Labute approximate surface area is 148 Å². The van der Waals surface area contributed by atoms with Crippen LogP contribution in [0.15, 0.2) is 58.0 Å². The molecule has 1 saturated heterocycles. The monoisotopic (exact) mass is 385 g/mol. The minimum absolute atomic E-state index is 0.126. The van der Waals surface area contributed by atoms with Crippen LogP contribution < -0.4 is 0 Å². The summed E-state index contributed by atoms with van der Waals surface area (Å²) >= 11 is 3.46. The van der Waals surface area contributed by atoms with E-state index in [1.807, 2.05) is 24.3 Å². The highest BCUT2D eigenvalue weighted by Crippen LogP contribution is 2.55. The quantitative estimate of drug-likeness (QED) is 0.449. The highest BCUT2D eigenvalue weighted by molar-refractivity contribution is 9.10.